The van der Waals surface area contributed by atoms with Crippen LogP contribution in [-0.4, -0.2) is 29.0 Å². The van der Waals surface area contributed by atoms with Crippen molar-refractivity contribution in [3.05, 3.63) is 30.4 Å². The van der Waals surface area contributed by atoms with Crippen LogP contribution in [0.1, 0.15) is 19.3 Å². The first kappa shape index (κ1) is 10.7. The minimum atomic E-state index is -0.354. The van der Waals surface area contributed by atoms with E-state index in [0.29, 0.717) is 13.2 Å². The zero-order valence-corrected chi connectivity index (χ0v) is 9.56. The van der Waals surface area contributed by atoms with Gasteiger partial charge in [0.05, 0.1) is 19.4 Å². The van der Waals surface area contributed by atoms with Crippen LogP contribution in [0.2, 0.25) is 0 Å². The number of anilines is 1. The first-order valence-corrected chi connectivity index (χ1v) is 5.86. The van der Waals surface area contributed by atoms with E-state index in [4.69, 9.17) is 9.47 Å². The van der Waals surface area contributed by atoms with E-state index >= 15 is 0 Å². The lowest BCUT2D eigenvalue weighted by atomic mass is 9.98. The van der Waals surface area contributed by atoms with Crippen LogP contribution in [0.25, 0.3) is 0 Å². The highest BCUT2D eigenvalue weighted by molar-refractivity contribution is 5.39. The molecule has 1 aromatic heterocycles. The summed E-state index contributed by atoms with van der Waals surface area (Å²) in [5.41, 5.74) is 1.16. The van der Waals surface area contributed by atoms with E-state index in [9.17, 15) is 0 Å². The van der Waals surface area contributed by atoms with E-state index in [1.54, 1.807) is 18.6 Å². The summed E-state index contributed by atoms with van der Waals surface area (Å²) in [6.07, 6.45) is 9.79. The molecule has 1 aliphatic heterocycles. The van der Waals surface area contributed by atoms with Gasteiger partial charge in [-0.3, -0.25) is 4.98 Å². The Kier molecular flexibility index (Phi) is 2.78. The highest BCUT2D eigenvalue weighted by Gasteiger charge is 2.37. The molecule has 0 aromatic carbocycles. The monoisotopic (exact) mass is 233 g/mol. The maximum Gasteiger partial charge on any atom is 0.172 e. The Hall–Kier alpha value is -1.46. The molecule has 5 heteroatoms. The minimum absolute atomic E-state index is 0.354. The molecule has 90 valence electrons. The third kappa shape index (κ3) is 2.30. The highest BCUT2D eigenvalue weighted by atomic mass is 16.7. The zero-order valence-electron chi connectivity index (χ0n) is 9.56. The molecule has 0 radical (unpaired) electrons. The van der Waals surface area contributed by atoms with Crippen molar-refractivity contribution in [1.82, 2.24) is 9.97 Å². The molecule has 5 nitrogen and oxygen atoms in total. The molecule has 3 rings (SSSR count). The normalized spacial score (nSPS) is 22.5. The van der Waals surface area contributed by atoms with Crippen LogP contribution >= 0.6 is 0 Å². The van der Waals surface area contributed by atoms with Gasteiger partial charge in [0.2, 0.25) is 0 Å². The summed E-state index contributed by atoms with van der Waals surface area (Å²) in [5.74, 6) is 0.427. The van der Waals surface area contributed by atoms with Gasteiger partial charge in [0.25, 0.3) is 0 Å². The van der Waals surface area contributed by atoms with Gasteiger partial charge in [-0.05, 0) is 6.42 Å². The number of nitrogens with zero attached hydrogens (tertiary/aromatic N) is 2. The molecule has 17 heavy (non-hydrogen) atoms. The summed E-state index contributed by atoms with van der Waals surface area (Å²) >= 11 is 0. The molecule has 0 saturated carbocycles. The quantitative estimate of drug-likeness (QED) is 0.842. The van der Waals surface area contributed by atoms with Crippen molar-refractivity contribution < 1.29 is 9.47 Å². The minimum Gasteiger partial charge on any atom is -0.347 e. The summed E-state index contributed by atoms with van der Waals surface area (Å²) in [6.45, 7) is 1.42. The zero-order chi connectivity index (χ0) is 11.6. The van der Waals surface area contributed by atoms with Gasteiger partial charge in [0, 0.05) is 30.9 Å². The molecule has 1 aliphatic carbocycles. The molecule has 2 aliphatic rings. The van der Waals surface area contributed by atoms with Crippen LogP contribution in [0.4, 0.5) is 5.82 Å². The molecule has 1 fully saturated rings. The van der Waals surface area contributed by atoms with E-state index in [2.05, 4.69) is 21.4 Å². The highest BCUT2D eigenvalue weighted by Crippen LogP contribution is 2.34. The predicted molar refractivity (Wildman–Crippen MR) is 62.2 cm³/mol. The topological polar surface area (TPSA) is 56.3 Å². The predicted octanol–water partition coefficient (Wildman–Crippen LogP) is 1.70. The lowest BCUT2D eigenvalue weighted by Gasteiger charge is -2.30. The van der Waals surface area contributed by atoms with Crippen LogP contribution in [0.5, 0.6) is 0 Å². The largest absolute Gasteiger partial charge is 0.347 e. The maximum absolute atomic E-state index is 5.66. The summed E-state index contributed by atoms with van der Waals surface area (Å²) in [5, 5.41) is 3.26. The number of nitrogens with one attached hydrogen (secondary N) is 1. The Labute approximate surface area is 99.9 Å². The number of aromatic nitrogens is 2. The smallest absolute Gasteiger partial charge is 0.172 e. The van der Waals surface area contributed by atoms with Gasteiger partial charge in [-0.25, -0.2) is 4.98 Å². The lowest BCUT2D eigenvalue weighted by Crippen LogP contribution is -2.32. The van der Waals surface area contributed by atoms with Crippen molar-refractivity contribution in [2.45, 2.75) is 25.0 Å². The fraction of sp³-hybridized carbons (Fsp3) is 0.500. The molecule has 1 N–H and O–H groups in total. The van der Waals surface area contributed by atoms with E-state index in [0.717, 1.165) is 30.8 Å². The van der Waals surface area contributed by atoms with Crippen molar-refractivity contribution in [2.75, 3.05) is 18.5 Å². The van der Waals surface area contributed by atoms with Crippen molar-refractivity contribution in [2.24, 2.45) is 0 Å². The maximum atomic E-state index is 5.66. The number of allylic oxidation sites excluding steroid dienone is 1. The molecule has 0 atom stereocenters. The number of hydrogen-bond donors (Lipinski definition) is 1. The Morgan fingerprint density at radius 3 is 2.76 bits per heavy atom. The van der Waals surface area contributed by atoms with Crippen LogP contribution < -0.4 is 5.32 Å². The van der Waals surface area contributed by atoms with Crippen LogP contribution in [0.15, 0.2) is 30.4 Å². The number of ether oxygens (including phenoxy) is 2. The molecule has 1 spiro atoms. The fourth-order valence-electron chi connectivity index (χ4n) is 2.21. The number of hydrogen-bond acceptors (Lipinski definition) is 5. The van der Waals surface area contributed by atoms with Crippen molar-refractivity contribution in [3.63, 3.8) is 0 Å². The standard InChI is InChI=1S/C12H15N3O2/c1-3-12(16-7-8-17-12)4-2-10(1)15-11-9-13-5-6-14-11/h1,5-6,9H,2-4,7-8H2,(H,14,15). The van der Waals surface area contributed by atoms with Gasteiger partial charge in [-0.1, -0.05) is 6.08 Å². The third-order valence-corrected chi connectivity index (χ3v) is 3.10. The Morgan fingerprint density at radius 2 is 2.12 bits per heavy atom. The van der Waals surface area contributed by atoms with E-state index in [-0.39, 0.29) is 5.79 Å². The molecule has 1 saturated heterocycles. The van der Waals surface area contributed by atoms with Crippen molar-refractivity contribution >= 4 is 5.82 Å². The average Bonchev–Trinajstić information content (AvgIpc) is 2.83. The second-order valence-corrected chi connectivity index (χ2v) is 4.26. The fourth-order valence-corrected chi connectivity index (χ4v) is 2.21. The van der Waals surface area contributed by atoms with Gasteiger partial charge < -0.3 is 14.8 Å². The SMILES string of the molecule is C1=C(Nc2cnccn2)CCC2(C1)OCCO2. The molecule has 1 aromatic rings. The molecule has 0 amide bonds. The Morgan fingerprint density at radius 1 is 1.24 bits per heavy atom. The van der Waals surface area contributed by atoms with Crippen molar-refractivity contribution in [3.8, 4) is 0 Å². The second-order valence-electron chi connectivity index (χ2n) is 4.26. The lowest BCUT2D eigenvalue weighted by molar-refractivity contribution is -0.161. The van der Waals surface area contributed by atoms with Crippen molar-refractivity contribution in [1.29, 1.82) is 0 Å². The Balaban J connectivity index is 1.65. The summed E-state index contributed by atoms with van der Waals surface area (Å²) < 4.78 is 11.3. The molecular formula is C12H15N3O2. The van der Waals surface area contributed by atoms with E-state index in [1.807, 2.05) is 0 Å². The van der Waals surface area contributed by atoms with Crippen LogP contribution in [0, 0.1) is 0 Å². The molecular weight excluding hydrogens is 218 g/mol. The summed E-state index contributed by atoms with van der Waals surface area (Å²) in [6, 6.07) is 0. The first-order valence-electron chi connectivity index (χ1n) is 5.86. The Bertz CT molecular complexity index is 413. The van der Waals surface area contributed by atoms with Gasteiger partial charge >= 0.3 is 0 Å². The van der Waals surface area contributed by atoms with Gasteiger partial charge in [-0.15, -0.1) is 0 Å². The van der Waals surface area contributed by atoms with Crippen LogP contribution in [0.3, 0.4) is 0 Å². The summed E-state index contributed by atoms with van der Waals surface area (Å²) in [7, 11) is 0. The average molecular weight is 233 g/mol. The third-order valence-electron chi connectivity index (χ3n) is 3.10. The number of rotatable bonds is 2. The molecule has 0 bridgehead atoms. The van der Waals surface area contributed by atoms with Gasteiger partial charge in [-0.2, -0.15) is 0 Å². The van der Waals surface area contributed by atoms with Crippen LogP contribution in [-0.2, 0) is 9.47 Å². The van der Waals surface area contributed by atoms with Gasteiger partial charge in [0.15, 0.2) is 5.79 Å². The van der Waals surface area contributed by atoms with Gasteiger partial charge in [0.1, 0.15) is 5.82 Å². The molecule has 0 unspecified atom stereocenters. The second kappa shape index (κ2) is 4.43. The summed E-state index contributed by atoms with van der Waals surface area (Å²) in [4.78, 5) is 8.20. The van der Waals surface area contributed by atoms with E-state index < -0.39 is 0 Å². The molecule has 2 heterocycles. The first-order chi connectivity index (χ1) is 8.36. The van der Waals surface area contributed by atoms with E-state index in [1.165, 1.54) is 0 Å².